The molecule has 2 aromatic heterocycles. The van der Waals surface area contributed by atoms with Crippen molar-refractivity contribution in [3.63, 3.8) is 0 Å². The second-order valence-corrected chi connectivity index (χ2v) is 17.8. The lowest BCUT2D eigenvalue weighted by atomic mass is 9.86. The summed E-state index contributed by atoms with van der Waals surface area (Å²) in [5.74, 6) is -3.17. The van der Waals surface area contributed by atoms with E-state index >= 15 is 8.78 Å². The lowest BCUT2D eigenvalue weighted by Crippen LogP contribution is -2.53. The Morgan fingerprint density at radius 2 is 1.53 bits per heavy atom. The van der Waals surface area contributed by atoms with Gasteiger partial charge in [-0.15, -0.1) is 0 Å². The number of benzene rings is 2. The third kappa shape index (κ3) is 7.91. The predicted molar refractivity (Wildman–Crippen MR) is 232 cm³/mol. The molecule has 4 N–H and O–H groups in total. The number of hydrogen-bond donors (Lipinski definition) is 4. The Bertz CT molecular complexity index is 2530. The summed E-state index contributed by atoms with van der Waals surface area (Å²) in [7, 11) is 2.54. The van der Waals surface area contributed by atoms with Crippen LogP contribution in [0.2, 0.25) is 0 Å². The molecular weight excluding hydrogens is 827 g/mol. The zero-order chi connectivity index (χ0) is 44.9. The number of H-pyrrole nitrogens is 2. The van der Waals surface area contributed by atoms with E-state index < -0.39 is 36.1 Å². The standard InChI is InChI=1S/C47H54F2N8O7/c1-25(2)39(54-45(60)62-3)43(58)57-18-6-8-38(57)42-51-34-14-11-28(23-35(34)52-42)27-9-12-30-31-13-10-29(22-33(31)47(48,49)32(30)21-27)36-24-50-41(53-36)37-7-5-17-56(37)44(59)40(55-46(61)63-4)26-15-19-64-20-16-26/h9-12,14,21-26,31,37-40H,5-8,13,15-20H2,1-4H3,(H,50,53)(H,51,52)(H,54,60)(H,55,61)/t31?,37?,38-,39-,40-/m0/s1. The van der Waals surface area contributed by atoms with Crippen molar-refractivity contribution in [1.29, 1.82) is 0 Å². The quantitative estimate of drug-likeness (QED) is 0.126. The number of carbonyl (C=O) groups excluding carboxylic acids is 4. The molecule has 2 aromatic carbocycles. The number of halogens is 2. The molecule has 4 aromatic rings. The molecule has 64 heavy (non-hydrogen) atoms. The van der Waals surface area contributed by atoms with Crippen molar-refractivity contribution >= 4 is 40.6 Å². The highest BCUT2D eigenvalue weighted by Crippen LogP contribution is 2.57. The molecule has 9 rings (SSSR count). The summed E-state index contributed by atoms with van der Waals surface area (Å²) in [6, 6.07) is 8.71. The van der Waals surface area contributed by atoms with E-state index in [0.29, 0.717) is 98.0 Å². The molecule has 0 spiro atoms. The lowest BCUT2D eigenvalue weighted by molar-refractivity contribution is -0.137. The van der Waals surface area contributed by atoms with Crippen molar-refractivity contribution in [2.24, 2.45) is 11.8 Å². The molecule has 4 amide bonds. The Morgan fingerprint density at radius 3 is 2.25 bits per heavy atom. The van der Waals surface area contributed by atoms with Gasteiger partial charge in [0.1, 0.15) is 23.7 Å². The van der Waals surface area contributed by atoms with E-state index in [4.69, 9.17) is 19.2 Å². The minimum Gasteiger partial charge on any atom is -0.453 e. The van der Waals surface area contributed by atoms with Crippen molar-refractivity contribution in [2.45, 2.75) is 94.8 Å². The van der Waals surface area contributed by atoms with Crippen molar-refractivity contribution in [3.05, 3.63) is 88.8 Å². The summed E-state index contributed by atoms with van der Waals surface area (Å²) in [4.78, 5) is 71.9. The number of alkyl carbamates (subject to hydrolysis) is 2. The number of ether oxygens (including phenoxy) is 3. The maximum absolute atomic E-state index is 16.6. The number of hydrogen-bond acceptors (Lipinski definition) is 9. The van der Waals surface area contributed by atoms with Crippen LogP contribution in [0.3, 0.4) is 0 Å². The Balaban J connectivity index is 0.918. The average molecular weight is 881 g/mol. The SMILES string of the molecule is COC(=O)N[C@H](C(=O)N1CCC[C@H]1c1nc2ccc(-c3ccc4c(c3)C(F)(F)C3=CC(c5cnc(C6CCCN6C(=O)[C@@H](NC(=O)OC)C6CCOCC6)[nH]5)=CCC34)cc2[nH]1)C(C)C. The molecule has 5 atom stereocenters. The smallest absolute Gasteiger partial charge is 0.407 e. The maximum atomic E-state index is 16.6. The maximum Gasteiger partial charge on any atom is 0.407 e. The summed E-state index contributed by atoms with van der Waals surface area (Å²) in [6.07, 6.45) is 8.41. The fraction of sp³-hybridized carbons (Fsp3) is 0.489. The average Bonchev–Trinajstić information content (AvgIpc) is 4.17. The van der Waals surface area contributed by atoms with Crippen LogP contribution in [0.25, 0.3) is 27.7 Å². The predicted octanol–water partition coefficient (Wildman–Crippen LogP) is 7.41. The number of aromatic amines is 2. The van der Waals surface area contributed by atoms with Gasteiger partial charge in [-0.1, -0.05) is 38.1 Å². The topological polar surface area (TPSA) is 184 Å². The van der Waals surface area contributed by atoms with Crippen LogP contribution in [0.4, 0.5) is 18.4 Å². The van der Waals surface area contributed by atoms with E-state index in [0.717, 1.165) is 23.9 Å². The van der Waals surface area contributed by atoms with Crippen molar-refractivity contribution in [3.8, 4) is 11.1 Å². The molecule has 0 bridgehead atoms. The van der Waals surface area contributed by atoms with Gasteiger partial charge in [0.15, 0.2) is 0 Å². The number of methoxy groups -OCH3 is 2. The molecule has 0 saturated carbocycles. The number of aromatic nitrogens is 4. The molecule has 338 valence electrons. The van der Waals surface area contributed by atoms with Crippen LogP contribution in [0.1, 0.15) is 105 Å². The normalized spacial score (nSPS) is 22.7. The van der Waals surface area contributed by atoms with Gasteiger partial charge in [0.25, 0.3) is 5.92 Å². The largest absolute Gasteiger partial charge is 0.453 e. The van der Waals surface area contributed by atoms with Crippen molar-refractivity contribution in [2.75, 3.05) is 40.5 Å². The van der Waals surface area contributed by atoms with Gasteiger partial charge < -0.3 is 44.6 Å². The molecule has 3 saturated heterocycles. The molecule has 2 unspecified atom stereocenters. The van der Waals surface area contributed by atoms with Crippen LogP contribution < -0.4 is 10.6 Å². The number of rotatable bonds is 10. The summed E-state index contributed by atoms with van der Waals surface area (Å²) in [5.41, 5.74) is 4.61. The van der Waals surface area contributed by atoms with E-state index in [-0.39, 0.29) is 46.9 Å². The van der Waals surface area contributed by atoms with Gasteiger partial charge in [0, 0.05) is 43.4 Å². The fourth-order valence-corrected chi connectivity index (χ4v) is 10.3. The number of allylic oxidation sites excluding steroid dienone is 4. The summed E-state index contributed by atoms with van der Waals surface area (Å²) < 4.78 is 48.4. The van der Waals surface area contributed by atoms with E-state index in [1.54, 1.807) is 28.1 Å². The van der Waals surface area contributed by atoms with E-state index in [9.17, 15) is 19.2 Å². The Hall–Kier alpha value is -6.10. The monoisotopic (exact) mass is 880 g/mol. The summed E-state index contributed by atoms with van der Waals surface area (Å²) >= 11 is 0. The molecule has 5 aliphatic rings. The van der Waals surface area contributed by atoms with E-state index in [1.165, 1.54) is 14.2 Å². The molecule has 15 nitrogen and oxygen atoms in total. The van der Waals surface area contributed by atoms with Crippen LogP contribution in [-0.2, 0) is 29.7 Å². The highest BCUT2D eigenvalue weighted by molar-refractivity contribution is 5.88. The van der Waals surface area contributed by atoms with Crippen LogP contribution in [0, 0.1) is 11.8 Å². The molecule has 17 heteroatoms. The minimum absolute atomic E-state index is 0.0215. The lowest BCUT2D eigenvalue weighted by Gasteiger charge is -2.34. The number of likely N-dealkylation sites (tertiary alicyclic amines) is 2. The summed E-state index contributed by atoms with van der Waals surface area (Å²) in [5, 5.41) is 5.45. The molecule has 3 fully saturated rings. The number of imidazole rings is 2. The molecule has 2 aliphatic carbocycles. The number of carbonyl (C=O) groups is 4. The van der Waals surface area contributed by atoms with Crippen molar-refractivity contribution in [1.82, 2.24) is 40.4 Å². The Morgan fingerprint density at radius 1 is 0.859 bits per heavy atom. The number of alkyl halides is 2. The van der Waals surface area contributed by atoms with Crippen molar-refractivity contribution < 1.29 is 42.2 Å². The first-order valence-corrected chi connectivity index (χ1v) is 22.2. The number of nitrogens with zero attached hydrogens (tertiary/aromatic N) is 4. The van der Waals surface area contributed by atoms with E-state index in [1.807, 2.05) is 50.3 Å². The highest BCUT2D eigenvalue weighted by atomic mass is 19.3. The second kappa shape index (κ2) is 17.5. The van der Waals surface area contributed by atoms with Crippen LogP contribution in [0.5, 0.6) is 0 Å². The molecule has 5 heterocycles. The number of fused-ring (bicyclic) bond motifs is 4. The van der Waals surface area contributed by atoms with Gasteiger partial charge in [-0.2, -0.15) is 8.78 Å². The van der Waals surface area contributed by atoms with Crippen LogP contribution in [-0.4, -0.2) is 106 Å². The van der Waals surface area contributed by atoms with Gasteiger partial charge in [-0.25, -0.2) is 19.6 Å². The van der Waals surface area contributed by atoms with Gasteiger partial charge in [-0.05, 0) is 103 Å². The third-order valence-electron chi connectivity index (χ3n) is 13.7. The first-order valence-electron chi connectivity index (χ1n) is 22.2. The first kappa shape index (κ1) is 43.2. The molecule has 0 radical (unpaired) electrons. The molecular formula is C47H54F2N8O7. The van der Waals surface area contributed by atoms with Gasteiger partial charge in [0.2, 0.25) is 11.8 Å². The summed E-state index contributed by atoms with van der Waals surface area (Å²) in [6.45, 7) is 5.78. The van der Waals surface area contributed by atoms with Gasteiger partial charge >= 0.3 is 12.2 Å². The van der Waals surface area contributed by atoms with E-state index in [2.05, 4.69) is 25.6 Å². The minimum atomic E-state index is -3.22. The van der Waals surface area contributed by atoms with Gasteiger partial charge in [-0.3, -0.25) is 9.59 Å². The molecule has 3 aliphatic heterocycles. The zero-order valence-corrected chi connectivity index (χ0v) is 36.4. The number of amides is 4. The Labute approximate surface area is 369 Å². The third-order valence-corrected chi connectivity index (χ3v) is 13.7. The number of nitrogens with one attached hydrogen (secondary N) is 4. The fourth-order valence-electron chi connectivity index (χ4n) is 10.3. The first-order chi connectivity index (χ1) is 30.9. The Kier molecular flexibility index (Phi) is 11.8. The highest BCUT2D eigenvalue weighted by Gasteiger charge is 2.50. The second-order valence-electron chi connectivity index (χ2n) is 17.8. The van der Waals surface area contributed by atoms with Crippen LogP contribution >= 0.6 is 0 Å². The van der Waals surface area contributed by atoms with Gasteiger partial charge in [0.05, 0.1) is 49.2 Å². The zero-order valence-electron chi connectivity index (χ0n) is 36.4. The van der Waals surface area contributed by atoms with Crippen LogP contribution in [0.15, 0.2) is 60.3 Å².